The Kier molecular flexibility index (Phi) is 89.9. The summed E-state index contributed by atoms with van der Waals surface area (Å²) in [4.78, 5) is 0. The average molecular weight is 493 g/mol. The highest BCUT2D eigenvalue weighted by Crippen LogP contribution is 2.08. The van der Waals surface area contributed by atoms with Crippen LogP contribution in [0.5, 0.6) is 0 Å². The number of aliphatic hydroxyl groups is 3. The van der Waals surface area contributed by atoms with Crippen LogP contribution >= 0.6 is 0 Å². The lowest BCUT2D eigenvalue weighted by Gasteiger charge is -2.05. The summed E-state index contributed by atoms with van der Waals surface area (Å²) >= 11 is 0. The summed E-state index contributed by atoms with van der Waals surface area (Å²) in [5, 5.41) is 21.0. The minimum absolute atomic E-state index is 0.500. The van der Waals surface area contributed by atoms with Crippen LogP contribution in [0.3, 0.4) is 0 Å². The summed E-state index contributed by atoms with van der Waals surface area (Å²) < 4.78 is 0. The SMILES string of the molecule is CC.CC.CC.CC(C)(C)C.CO.CO.CO.c1ccccc1.c1ccccc1.c1ccccc1. The van der Waals surface area contributed by atoms with E-state index < -0.39 is 0 Å². The minimum atomic E-state index is 0.500. The third-order valence-corrected chi connectivity index (χ3v) is 2.00. The van der Waals surface area contributed by atoms with Crippen molar-refractivity contribution in [1.82, 2.24) is 0 Å². The fraction of sp³-hybridized carbons (Fsp3) is 0.438. The Hall–Kier alpha value is -2.46. The third kappa shape index (κ3) is 114. The smallest absolute Gasteiger partial charge is 0.0319 e. The molecule has 0 bridgehead atoms. The van der Waals surface area contributed by atoms with Crippen LogP contribution in [-0.2, 0) is 0 Å². The zero-order chi connectivity index (χ0) is 29.2. The predicted molar refractivity (Wildman–Crippen MR) is 163 cm³/mol. The Balaban J connectivity index is -0.0000000524. The normalized spacial score (nSPS) is 6.86. The summed E-state index contributed by atoms with van der Waals surface area (Å²) in [6.07, 6.45) is 0. The van der Waals surface area contributed by atoms with Crippen LogP contribution in [0.1, 0.15) is 69.2 Å². The van der Waals surface area contributed by atoms with Gasteiger partial charge in [0.2, 0.25) is 0 Å². The van der Waals surface area contributed by atoms with E-state index in [1.165, 1.54) is 0 Å². The lowest BCUT2D eigenvalue weighted by atomic mass is 10.0. The molecule has 0 heterocycles. The van der Waals surface area contributed by atoms with Gasteiger partial charge in [0.1, 0.15) is 0 Å². The molecular formula is C32H60O3. The zero-order valence-electron chi connectivity index (χ0n) is 25.2. The summed E-state index contributed by atoms with van der Waals surface area (Å²) in [6, 6.07) is 36.0. The molecule has 0 saturated carbocycles. The Labute approximate surface area is 220 Å². The highest BCUT2D eigenvalue weighted by Gasteiger charge is 1.95. The lowest BCUT2D eigenvalue weighted by Crippen LogP contribution is -1.93. The first kappa shape index (κ1) is 49.6. The van der Waals surface area contributed by atoms with E-state index in [9.17, 15) is 0 Å². The second-order valence-corrected chi connectivity index (χ2v) is 6.46. The van der Waals surface area contributed by atoms with Crippen LogP contribution in [0.25, 0.3) is 0 Å². The lowest BCUT2D eigenvalue weighted by molar-refractivity contribution is 0.399. The molecule has 3 heteroatoms. The van der Waals surface area contributed by atoms with E-state index >= 15 is 0 Å². The maximum Gasteiger partial charge on any atom is 0.0319 e. The summed E-state index contributed by atoms with van der Waals surface area (Å²) in [6.45, 7) is 20.8. The molecule has 3 aromatic carbocycles. The first-order valence-electron chi connectivity index (χ1n) is 12.3. The number of hydrogen-bond donors (Lipinski definition) is 3. The Bertz CT molecular complexity index is 375. The maximum absolute atomic E-state index is 7.00. The molecule has 3 aromatic rings. The van der Waals surface area contributed by atoms with E-state index in [1.807, 2.05) is 151 Å². The summed E-state index contributed by atoms with van der Waals surface area (Å²) in [5.41, 5.74) is 0.500. The van der Waals surface area contributed by atoms with Crippen LogP contribution in [0.4, 0.5) is 0 Å². The van der Waals surface area contributed by atoms with Gasteiger partial charge in [-0.3, -0.25) is 0 Å². The van der Waals surface area contributed by atoms with Crippen LogP contribution in [0.2, 0.25) is 0 Å². The molecule has 0 aliphatic heterocycles. The van der Waals surface area contributed by atoms with Gasteiger partial charge < -0.3 is 15.3 Å². The van der Waals surface area contributed by atoms with Crippen LogP contribution in [0, 0.1) is 5.41 Å². The number of aliphatic hydroxyl groups excluding tert-OH is 3. The van der Waals surface area contributed by atoms with Crippen LogP contribution in [-0.4, -0.2) is 36.6 Å². The van der Waals surface area contributed by atoms with Crippen molar-refractivity contribution in [1.29, 1.82) is 0 Å². The molecule has 35 heavy (non-hydrogen) atoms. The highest BCUT2D eigenvalue weighted by atomic mass is 16.2. The van der Waals surface area contributed by atoms with Crippen molar-refractivity contribution >= 4 is 0 Å². The molecule has 3 N–H and O–H groups in total. The first-order valence-corrected chi connectivity index (χ1v) is 12.3. The molecule has 0 unspecified atom stereocenters. The summed E-state index contributed by atoms with van der Waals surface area (Å²) in [5.74, 6) is 0. The monoisotopic (exact) mass is 492 g/mol. The molecule has 0 saturated heterocycles. The van der Waals surface area contributed by atoms with E-state index in [0.29, 0.717) is 5.41 Å². The van der Waals surface area contributed by atoms with Gasteiger partial charge in [0.25, 0.3) is 0 Å². The molecule has 0 aliphatic rings. The molecule has 3 nitrogen and oxygen atoms in total. The number of hydrogen-bond acceptors (Lipinski definition) is 3. The van der Waals surface area contributed by atoms with Gasteiger partial charge >= 0.3 is 0 Å². The van der Waals surface area contributed by atoms with Crippen LogP contribution in [0.15, 0.2) is 109 Å². The largest absolute Gasteiger partial charge is 0.400 e. The molecule has 0 amide bonds. The molecule has 0 fully saturated rings. The predicted octanol–water partition coefficient (Wildman–Crippen LogP) is 9.02. The fourth-order valence-electron chi connectivity index (χ4n) is 1.15. The second kappa shape index (κ2) is 63.4. The molecule has 0 radical (unpaired) electrons. The van der Waals surface area contributed by atoms with Crippen molar-refractivity contribution in [2.24, 2.45) is 5.41 Å². The van der Waals surface area contributed by atoms with Gasteiger partial charge in [-0.15, -0.1) is 0 Å². The van der Waals surface area contributed by atoms with Crippen molar-refractivity contribution in [2.75, 3.05) is 21.3 Å². The number of benzene rings is 3. The second-order valence-electron chi connectivity index (χ2n) is 6.46. The van der Waals surface area contributed by atoms with Gasteiger partial charge in [0.05, 0.1) is 0 Å². The minimum Gasteiger partial charge on any atom is -0.400 e. The van der Waals surface area contributed by atoms with Crippen molar-refractivity contribution in [3.05, 3.63) is 109 Å². The molecule has 206 valence electrons. The molecule has 0 atom stereocenters. The summed E-state index contributed by atoms with van der Waals surface area (Å²) in [7, 11) is 3.00. The quantitative estimate of drug-likeness (QED) is 0.293. The standard InChI is InChI=1S/3C6H6.C5H12.3C2H6.3CH4O/c3*1-2-4-6-5-3-1;1-5(2,3)4;6*1-2/h3*1-6H;1-4H3;3*1-2H3;3*2H,1H3. The van der Waals surface area contributed by atoms with Gasteiger partial charge in [0, 0.05) is 21.3 Å². The molecule has 0 aromatic heterocycles. The van der Waals surface area contributed by atoms with E-state index in [-0.39, 0.29) is 0 Å². The fourth-order valence-corrected chi connectivity index (χ4v) is 1.15. The third-order valence-electron chi connectivity index (χ3n) is 2.00. The first-order chi connectivity index (χ1) is 17.0. The van der Waals surface area contributed by atoms with E-state index in [2.05, 4.69) is 27.7 Å². The van der Waals surface area contributed by atoms with Gasteiger partial charge in [0.15, 0.2) is 0 Å². The number of rotatable bonds is 0. The molecular weight excluding hydrogens is 432 g/mol. The maximum atomic E-state index is 7.00. The highest BCUT2D eigenvalue weighted by molar-refractivity contribution is 5.00. The van der Waals surface area contributed by atoms with Crippen molar-refractivity contribution in [2.45, 2.75) is 69.2 Å². The van der Waals surface area contributed by atoms with E-state index in [4.69, 9.17) is 15.3 Å². The Morgan fingerprint density at radius 2 is 0.286 bits per heavy atom. The topological polar surface area (TPSA) is 60.7 Å². The Morgan fingerprint density at radius 3 is 0.314 bits per heavy atom. The van der Waals surface area contributed by atoms with E-state index in [0.717, 1.165) is 21.3 Å². The van der Waals surface area contributed by atoms with Gasteiger partial charge in [-0.2, -0.15) is 0 Å². The van der Waals surface area contributed by atoms with Gasteiger partial charge in [-0.1, -0.05) is 178 Å². The molecule has 0 aliphatic carbocycles. The van der Waals surface area contributed by atoms with Gasteiger partial charge in [-0.05, 0) is 5.41 Å². The molecule has 3 rings (SSSR count). The van der Waals surface area contributed by atoms with Crippen molar-refractivity contribution in [3.63, 3.8) is 0 Å². The zero-order valence-corrected chi connectivity index (χ0v) is 25.2. The van der Waals surface area contributed by atoms with Crippen molar-refractivity contribution < 1.29 is 15.3 Å². The Morgan fingerprint density at radius 1 is 0.257 bits per heavy atom. The van der Waals surface area contributed by atoms with Gasteiger partial charge in [-0.25, -0.2) is 0 Å². The average Bonchev–Trinajstić information content (AvgIpc) is 2.98. The van der Waals surface area contributed by atoms with E-state index in [1.54, 1.807) is 0 Å². The molecule has 0 spiro atoms. The van der Waals surface area contributed by atoms with Crippen LogP contribution < -0.4 is 0 Å². The van der Waals surface area contributed by atoms with Crippen molar-refractivity contribution in [3.8, 4) is 0 Å².